The molecule has 1 atom stereocenters. The lowest BCUT2D eigenvalue weighted by Crippen LogP contribution is -2.16. The molecule has 0 aliphatic rings. The largest absolute Gasteiger partial charge is 0.383 e. The number of allylic oxidation sites excluding steroid dienone is 1. The molecule has 26 heavy (non-hydrogen) atoms. The van der Waals surface area contributed by atoms with E-state index in [2.05, 4.69) is 55.1 Å². The van der Waals surface area contributed by atoms with Crippen molar-refractivity contribution < 1.29 is 5.11 Å². The summed E-state index contributed by atoms with van der Waals surface area (Å²) in [6, 6.07) is 19.8. The molecule has 0 saturated heterocycles. The molecule has 0 bridgehead atoms. The lowest BCUT2D eigenvalue weighted by molar-refractivity contribution is 0.221. The SMILES string of the molecule is C[Si](C)(C)C#C/C=C(\C#CCSc1ccccc1)C(O)c1ccccc1. The van der Waals surface area contributed by atoms with Gasteiger partial charge in [0.15, 0.2) is 0 Å². The van der Waals surface area contributed by atoms with Crippen molar-refractivity contribution in [2.24, 2.45) is 0 Å². The maximum Gasteiger partial charge on any atom is 0.129 e. The summed E-state index contributed by atoms with van der Waals surface area (Å²) in [6.45, 7) is 6.59. The van der Waals surface area contributed by atoms with Gasteiger partial charge in [0.2, 0.25) is 0 Å². The number of benzene rings is 2. The van der Waals surface area contributed by atoms with Crippen LogP contribution in [-0.2, 0) is 0 Å². The van der Waals surface area contributed by atoms with Crippen molar-refractivity contribution in [2.75, 3.05) is 5.75 Å². The number of hydrogen-bond donors (Lipinski definition) is 1. The Bertz CT molecular complexity index is 844. The van der Waals surface area contributed by atoms with Gasteiger partial charge in [-0.15, -0.1) is 17.3 Å². The molecule has 0 amide bonds. The Balaban J connectivity index is 2.16. The van der Waals surface area contributed by atoms with E-state index in [1.165, 1.54) is 4.90 Å². The van der Waals surface area contributed by atoms with Gasteiger partial charge in [-0.1, -0.05) is 85.9 Å². The average Bonchev–Trinajstić information content (AvgIpc) is 2.64. The van der Waals surface area contributed by atoms with E-state index >= 15 is 0 Å². The molecule has 0 aromatic heterocycles. The third kappa shape index (κ3) is 7.38. The Hall–Kier alpha value is -2.17. The lowest BCUT2D eigenvalue weighted by Gasteiger charge is -2.10. The van der Waals surface area contributed by atoms with Crippen LogP contribution >= 0.6 is 11.8 Å². The van der Waals surface area contributed by atoms with E-state index < -0.39 is 14.2 Å². The molecule has 0 heterocycles. The fraction of sp³-hybridized carbons (Fsp3) is 0.217. The summed E-state index contributed by atoms with van der Waals surface area (Å²) in [5.74, 6) is 10.1. The normalized spacial score (nSPS) is 12.4. The van der Waals surface area contributed by atoms with E-state index in [0.717, 1.165) is 5.56 Å². The van der Waals surface area contributed by atoms with Gasteiger partial charge in [-0.2, -0.15) is 0 Å². The number of hydrogen-bond acceptors (Lipinski definition) is 2. The molecule has 0 spiro atoms. The van der Waals surface area contributed by atoms with Crippen LogP contribution in [0.25, 0.3) is 0 Å². The zero-order valence-electron chi connectivity index (χ0n) is 15.5. The minimum Gasteiger partial charge on any atom is -0.383 e. The molecule has 3 heteroatoms. The maximum absolute atomic E-state index is 10.7. The van der Waals surface area contributed by atoms with Crippen LogP contribution in [0.4, 0.5) is 0 Å². The van der Waals surface area contributed by atoms with Crippen molar-refractivity contribution in [1.82, 2.24) is 0 Å². The summed E-state index contributed by atoms with van der Waals surface area (Å²) in [6.07, 6.45) is 1.03. The Kier molecular flexibility index (Phi) is 7.82. The van der Waals surface area contributed by atoms with Crippen LogP contribution in [0.15, 0.2) is 77.2 Å². The van der Waals surface area contributed by atoms with Crippen LogP contribution in [0.1, 0.15) is 11.7 Å². The highest BCUT2D eigenvalue weighted by atomic mass is 32.2. The first kappa shape index (κ1) is 20.1. The van der Waals surface area contributed by atoms with Crippen molar-refractivity contribution in [3.8, 4) is 23.3 Å². The molecule has 1 N–H and O–H groups in total. The van der Waals surface area contributed by atoms with Crippen LogP contribution in [0.2, 0.25) is 19.6 Å². The van der Waals surface area contributed by atoms with Gasteiger partial charge >= 0.3 is 0 Å². The molecule has 2 aromatic rings. The second-order valence-electron chi connectivity index (χ2n) is 6.84. The van der Waals surface area contributed by atoms with Crippen LogP contribution in [0, 0.1) is 23.3 Å². The predicted molar refractivity (Wildman–Crippen MR) is 116 cm³/mol. The van der Waals surface area contributed by atoms with Gasteiger partial charge in [-0.25, -0.2) is 0 Å². The van der Waals surface area contributed by atoms with Gasteiger partial charge < -0.3 is 5.11 Å². The Labute approximate surface area is 162 Å². The molecule has 132 valence electrons. The molecule has 0 saturated carbocycles. The highest BCUT2D eigenvalue weighted by Crippen LogP contribution is 2.21. The molecule has 0 aliphatic carbocycles. The summed E-state index contributed by atoms with van der Waals surface area (Å²) < 4.78 is 0. The molecule has 0 radical (unpaired) electrons. The summed E-state index contributed by atoms with van der Waals surface area (Å²) in [4.78, 5) is 1.19. The molecular formula is C23H24OSSi. The van der Waals surface area contributed by atoms with Gasteiger partial charge in [0.05, 0.1) is 5.75 Å². The third-order valence-electron chi connectivity index (χ3n) is 3.37. The summed E-state index contributed by atoms with van der Waals surface area (Å²) in [5, 5.41) is 10.7. The van der Waals surface area contributed by atoms with Crippen LogP contribution in [0.5, 0.6) is 0 Å². The van der Waals surface area contributed by atoms with E-state index in [1.54, 1.807) is 17.8 Å². The lowest BCUT2D eigenvalue weighted by atomic mass is 10.0. The highest BCUT2D eigenvalue weighted by molar-refractivity contribution is 7.99. The number of aliphatic hydroxyl groups excluding tert-OH is 1. The van der Waals surface area contributed by atoms with E-state index in [9.17, 15) is 5.11 Å². The van der Waals surface area contributed by atoms with Gasteiger partial charge in [0, 0.05) is 16.5 Å². The van der Waals surface area contributed by atoms with Crippen LogP contribution in [-0.4, -0.2) is 18.9 Å². The Morgan fingerprint density at radius 1 is 1.04 bits per heavy atom. The van der Waals surface area contributed by atoms with Crippen molar-refractivity contribution in [2.45, 2.75) is 30.6 Å². The van der Waals surface area contributed by atoms with Gasteiger partial charge in [0.25, 0.3) is 0 Å². The number of thioether (sulfide) groups is 1. The number of rotatable bonds is 4. The van der Waals surface area contributed by atoms with Crippen LogP contribution < -0.4 is 0 Å². The number of aliphatic hydroxyl groups is 1. The highest BCUT2D eigenvalue weighted by Gasteiger charge is 2.11. The topological polar surface area (TPSA) is 20.2 Å². The van der Waals surface area contributed by atoms with E-state index in [-0.39, 0.29) is 0 Å². The van der Waals surface area contributed by atoms with E-state index in [0.29, 0.717) is 11.3 Å². The molecule has 1 unspecified atom stereocenters. The van der Waals surface area contributed by atoms with Crippen molar-refractivity contribution >= 4 is 19.8 Å². The Morgan fingerprint density at radius 3 is 2.27 bits per heavy atom. The maximum atomic E-state index is 10.7. The predicted octanol–water partition coefficient (Wildman–Crippen LogP) is 5.32. The first-order valence-corrected chi connectivity index (χ1v) is 13.1. The molecule has 2 aromatic carbocycles. The second kappa shape index (κ2) is 10.1. The van der Waals surface area contributed by atoms with E-state index in [1.807, 2.05) is 48.5 Å². The molecule has 0 aliphatic heterocycles. The molecule has 0 fully saturated rings. The summed E-state index contributed by atoms with van der Waals surface area (Å²) in [7, 11) is -1.46. The van der Waals surface area contributed by atoms with Gasteiger partial charge in [0.1, 0.15) is 14.2 Å². The van der Waals surface area contributed by atoms with Gasteiger partial charge in [-0.3, -0.25) is 0 Å². The van der Waals surface area contributed by atoms with E-state index in [4.69, 9.17) is 0 Å². The summed E-state index contributed by atoms with van der Waals surface area (Å²) in [5.41, 5.74) is 4.78. The zero-order chi connectivity index (χ0) is 18.8. The van der Waals surface area contributed by atoms with Crippen molar-refractivity contribution in [3.05, 3.63) is 77.9 Å². The monoisotopic (exact) mass is 376 g/mol. The third-order valence-corrected chi connectivity index (χ3v) is 5.16. The van der Waals surface area contributed by atoms with Crippen molar-refractivity contribution in [1.29, 1.82) is 0 Å². The first-order chi connectivity index (χ1) is 12.5. The molecule has 1 nitrogen and oxygen atoms in total. The quantitative estimate of drug-likeness (QED) is 0.442. The Morgan fingerprint density at radius 2 is 1.65 bits per heavy atom. The zero-order valence-corrected chi connectivity index (χ0v) is 17.3. The van der Waals surface area contributed by atoms with Crippen LogP contribution in [0.3, 0.4) is 0 Å². The minimum atomic E-state index is -1.46. The second-order valence-corrected chi connectivity index (χ2v) is 12.6. The average molecular weight is 377 g/mol. The fourth-order valence-electron chi connectivity index (χ4n) is 2.10. The smallest absolute Gasteiger partial charge is 0.129 e. The fourth-order valence-corrected chi connectivity index (χ4v) is 3.27. The minimum absolute atomic E-state index is 0.649. The van der Waals surface area contributed by atoms with Gasteiger partial charge in [-0.05, 0) is 17.7 Å². The standard InChI is InChI=1S/C23H24OSSi/c1-26(2,3)19-11-15-21(23(24)20-12-6-4-7-13-20)14-10-18-25-22-16-8-5-9-17-22/h4-9,12-13,15-17,23-24H,18H2,1-3H3/b21-15+. The molecular weight excluding hydrogens is 352 g/mol. The summed E-state index contributed by atoms with van der Waals surface area (Å²) >= 11 is 1.69. The first-order valence-electron chi connectivity index (χ1n) is 8.58. The van der Waals surface area contributed by atoms with Crippen molar-refractivity contribution in [3.63, 3.8) is 0 Å². The molecule has 2 rings (SSSR count).